The number of amides is 6. The van der Waals surface area contributed by atoms with Gasteiger partial charge in [0.05, 0.1) is 18.1 Å². The maximum absolute atomic E-state index is 14.9. The number of carbonyl (C=O) groups excluding carboxylic acids is 6. The third-order valence-electron chi connectivity index (χ3n) is 24.5. The van der Waals surface area contributed by atoms with Gasteiger partial charge in [-0.15, -0.1) is 0 Å². The van der Waals surface area contributed by atoms with Gasteiger partial charge in [-0.05, 0) is 122 Å². The van der Waals surface area contributed by atoms with E-state index in [-0.39, 0.29) is 83.0 Å². The van der Waals surface area contributed by atoms with Crippen LogP contribution in [0.4, 0.5) is 0 Å². The van der Waals surface area contributed by atoms with Crippen molar-refractivity contribution in [2.24, 2.45) is 39.7 Å². The lowest BCUT2D eigenvalue weighted by molar-refractivity contribution is -0.142. The number of primary amides is 1. The molecule has 6 fully saturated rings. The minimum Gasteiger partial charge on any atom is -0.368 e. The van der Waals surface area contributed by atoms with E-state index in [1.54, 1.807) is 0 Å². The van der Waals surface area contributed by atoms with Crippen molar-refractivity contribution in [3.05, 3.63) is 241 Å². The Morgan fingerprint density at radius 1 is 0.317 bits per heavy atom. The molecule has 0 spiro atoms. The molecule has 14 rings (SSSR count). The monoisotopic (exact) mass is 1390 g/mol. The van der Waals surface area contributed by atoms with Crippen LogP contribution in [0.25, 0.3) is 44.5 Å². The van der Waals surface area contributed by atoms with E-state index in [9.17, 15) is 28.8 Å². The largest absolute Gasteiger partial charge is 0.368 e. The molecule has 8 N–H and O–H groups in total. The second-order valence-corrected chi connectivity index (χ2v) is 32.2. The summed E-state index contributed by atoms with van der Waals surface area (Å²) in [6.07, 6.45) is 2.90. The Balaban J connectivity index is 0.598. The number of nitrogens with two attached hydrogens (primary N) is 1. The molecule has 3 aliphatic carbocycles. The van der Waals surface area contributed by atoms with Crippen LogP contribution in [0.15, 0.2) is 218 Å². The minimum absolute atomic E-state index is 0.0213. The molecular formula is C88H100N10O6. The highest BCUT2D eigenvalue weighted by molar-refractivity contribution is 5.88. The standard InChI is InChI=1S/C88H100N10O6/c1-86(2)71(46-77(86)90-49-56-27-35-64(36-28-56)60-19-11-7-12-20-60)81(100)92-69-44-75(97(54-69)51-58-31-39-66(40-32-58)62-23-15-9-16-24-62)84(103)95-79-48-73(88(79,5)6)83(102)93-70-45-76(98(55-70)52-59-33-41-67(42-34-59)63-25-17-10-18-26-63)85(104)94-78-47-72(87(78,3)4)82(101)91-68-43-74(80(89)99)96(53-68)50-57-29-37-65(38-30-57)61-21-13-8-14-22-61/h7-42,68-79,90H,43-55H2,1-6H3,(H2,89,99)(H,91,101)(H,92,100)(H,93,102)(H,94,104)(H,95,103)/t68-,69-,70-,71+,72+,73+,74-,75-,76-,77+,78?,79+/m0/s1. The molecule has 3 aliphatic heterocycles. The molecule has 6 amide bonds. The van der Waals surface area contributed by atoms with E-state index in [1.807, 2.05) is 74.5 Å². The van der Waals surface area contributed by atoms with Crippen molar-refractivity contribution >= 4 is 35.4 Å². The third kappa shape index (κ3) is 15.5. The number of hydrogen-bond acceptors (Lipinski definition) is 10. The average Bonchev–Trinajstić information content (AvgIpc) is 0.861. The summed E-state index contributed by atoms with van der Waals surface area (Å²) in [5, 5.41) is 20.6. The Labute approximate surface area is 612 Å². The average molecular weight is 1390 g/mol. The zero-order valence-corrected chi connectivity index (χ0v) is 60.8. The lowest BCUT2D eigenvalue weighted by atomic mass is 9.58. The number of rotatable bonds is 24. The van der Waals surface area contributed by atoms with Crippen LogP contribution in [-0.4, -0.2) is 124 Å². The van der Waals surface area contributed by atoms with Crippen LogP contribution in [-0.2, 0) is 54.9 Å². The lowest BCUT2D eigenvalue weighted by Gasteiger charge is -2.51. The molecule has 12 atom stereocenters. The van der Waals surface area contributed by atoms with Crippen molar-refractivity contribution in [1.82, 2.24) is 46.6 Å². The summed E-state index contributed by atoms with van der Waals surface area (Å²) >= 11 is 0. The predicted molar refractivity (Wildman–Crippen MR) is 409 cm³/mol. The summed E-state index contributed by atoms with van der Waals surface area (Å²) in [5.74, 6) is -1.81. The van der Waals surface area contributed by atoms with Gasteiger partial charge < -0.3 is 37.6 Å². The highest BCUT2D eigenvalue weighted by Gasteiger charge is 2.57. The maximum atomic E-state index is 14.9. The summed E-state index contributed by atoms with van der Waals surface area (Å²) < 4.78 is 0. The highest BCUT2D eigenvalue weighted by Crippen LogP contribution is 2.49. The van der Waals surface area contributed by atoms with Gasteiger partial charge in [-0.3, -0.25) is 43.5 Å². The number of hydrogen-bond donors (Lipinski definition) is 7. The molecule has 8 aromatic rings. The predicted octanol–water partition coefficient (Wildman–Crippen LogP) is 11.7. The summed E-state index contributed by atoms with van der Waals surface area (Å²) in [7, 11) is 0. The molecule has 538 valence electrons. The quantitative estimate of drug-likeness (QED) is 0.0304. The Hall–Kier alpha value is -9.58. The lowest BCUT2D eigenvalue weighted by Crippen LogP contribution is -2.64. The number of likely N-dealkylation sites (tertiary alicyclic amines) is 3. The van der Waals surface area contributed by atoms with Crippen LogP contribution >= 0.6 is 0 Å². The van der Waals surface area contributed by atoms with Gasteiger partial charge in [0.15, 0.2) is 0 Å². The fourth-order valence-electron chi connectivity index (χ4n) is 17.5. The van der Waals surface area contributed by atoms with Crippen LogP contribution < -0.4 is 37.6 Å². The van der Waals surface area contributed by atoms with Gasteiger partial charge in [-0.2, -0.15) is 0 Å². The molecule has 0 radical (unpaired) electrons. The van der Waals surface area contributed by atoms with Gasteiger partial charge in [-0.25, -0.2) is 0 Å². The van der Waals surface area contributed by atoms with Crippen LogP contribution in [0, 0.1) is 34.0 Å². The van der Waals surface area contributed by atoms with Crippen molar-refractivity contribution in [3.8, 4) is 44.5 Å². The molecule has 3 saturated heterocycles. The van der Waals surface area contributed by atoms with Crippen molar-refractivity contribution in [2.75, 3.05) is 19.6 Å². The molecule has 0 bridgehead atoms. The topological polar surface area (TPSA) is 210 Å². The van der Waals surface area contributed by atoms with Crippen molar-refractivity contribution < 1.29 is 28.8 Å². The molecule has 16 heteroatoms. The van der Waals surface area contributed by atoms with Gasteiger partial charge in [0.25, 0.3) is 0 Å². The number of carbonyl (C=O) groups is 6. The zero-order valence-electron chi connectivity index (χ0n) is 60.8. The van der Waals surface area contributed by atoms with E-state index in [4.69, 9.17) is 5.73 Å². The molecule has 8 aromatic carbocycles. The first kappa shape index (κ1) is 71.4. The van der Waals surface area contributed by atoms with E-state index < -0.39 is 40.8 Å². The van der Waals surface area contributed by atoms with Gasteiger partial charge in [-0.1, -0.05) is 260 Å². The fraction of sp³-hybridized carbons (Fsp3) is 0.386. The maximum Gasteiger partial charge on any atom is 0.237 e. The number of nitrogens with zero attached hydrogens (tertiary/aromatic N) is 3. The molecule has 3 saturated carbocycles. The normalized spacial score (nSPS) is 26.0. The molecule has 0 aromatic heterocycles. The van der Waals surface area contributed by atoms with Gasteiger partial charge in [0, 0.05) is 99.8 Å². The first-order valence-corrected chi connectivity index (χ1v) is 37.5. The van der Waals surface area contributed by atoms with Crippen LogP contribution in [0.2, 0.25) is 0 Å². The smallest absolute Gasteiger partial charge is 0.237 e. The van der Waals surface area contributed by atoms with Gasteiger partial charge >= 0.3 is 0 Å². The first-order chi connectivity index (χ1) is 50.1. The molecule has 3 heterocycles. The molecular weight excluding hydrogens is 1290 g/mol. The molecule has 104 heavy (non-hydrogen) atoms. The Morgan fingerprint density at radius 2 is 0.577 bits per heavy atom. The summed E-state index contributed by atoms with van der Waals surface area (Å²) in [5.41, 5.74) is 17.9. The fourth-order valence-corrected chi connectivity index (χ4v) is 17.5. The zero-order chi connectivity index (χ0) is 72.4. The second kappa shape index (κ2) is 30.2. The van der Waals surface area contributed by atoms with Crippen LogP contribution in [0.5, 0.6) is 0 Å². The van der Waals surface area contributed by atoms with Crippen molar-refractivity contribution in [3.63, 3.8) is 0 Å². The Morgan fingerprint density at radius 3 is 0.865 bits per heavy atom. The van der Waals surface area contributed by atoms with Crippen molar-refractivity contribution in [2.45, 2.75) is 161 Å². The minimum atomic E-state index is -0.596. The first-order valence-electron chi connectivity index (χ1n) is 37.5. The van der Waals surface area contributed by atoms with Crippen LogP contribution in [0.1, 0.15) is 102 Å². The van der Waals surface area contributed by atoms with Gasteiger partial charge in [0.1, 0.15) is 0 Å². The molecule has 1 unspecified atom stereocenters. The highest BCUT2D eigenvalue weighted by atomic mass is 16.2. The molecule has 6 aliphatic rings. The van der Waals surface area contributed by atoms with E-state index in [0.29, 0.717) is 77.9 Å². The second-order valence-electron chi connectivity index (χ2n) is 32.2. The summed E-state index contributed by atoms with van der Waals surface area (Å²) in [4.78, 5) is 92.3. The van der Waals surface area contributed by atoms with E-state index >= 15 is 0 Å². The van der Waals surface area contributed by atoms with Crippen molar-refractivity contribution in [1.29, 1.82) is 0 Å². The van der Waals surface area contributed by atoms with E-state index in [0.717, 1.165) is 56.5 Å². The Bertz CT molecular complexity index is 4350. The molecule has 16 nitrogen and oxygen atoms in total. The summed E-state index contributed by atoms with van der Waals surface area (Å²) in [6.45, 7) is 16.2. The van der Waals surface area contributed by atoms with E-state index in [2.05, 4.69) is 232 Å². The van der Waals surface area contributed by atoms with Gasteiger partial charge in [0.2, 0.25) is 35.4 Å². The number of nitrogens with one attached hydrogen (secondary N) is 6. The van der Waals surface area contributed by atoms with E-state index in [1.165, 1.54) is 16.7 Å². The summed E-state index contributed by atoms with van der Waals surface area (Å²) in [6, 6.07) is 72.1. The van der Waals surface area contributed by atoms with Crippen LogP contribution in [0.3, 0.4) is 0 Å². The SMILES string of the molecule is CC1(C)C(NC(=O)[C@@H]2C[C@H](NC(=O)[C@H]3C[C@@H](NC(=O)[C@@H]4C[C@H](NC(=O)[C@H]5C[C@@H](NCc6ccc(-c7ccccc7)cc6)C5(C)C)CN4Cc4ccc(-c5ccccc5)cc4)C3(C)C)CN2Cc2ccc(-c3ccccc3)cc2)C[C@@H]1C(=O)N[C@H]1C[C@@H](C(N)=O)N(Cc2ccc(-c3ccccc3)cc2)C1. The third-order valence-corrected chi connectivity index (χ3v) is 24.5. The Kier molecular flexibility index (Phi) is 20.8. The number of benzene rings is 8.